The van der Waals surface area contributed by atoms with Gasteiger partial charge in [-0.3, -0.25) is 4.79 Å². The van der Waals surface area contributed by atoms with E-state index in [0.29, 0.717) is 27.3 Å². The maximum absolute atomic E-state index is 12.4. The molecule has 7 heteroatoms. The van der Waals surface area contributed by atoms with Crippen LogP contribution < -0.4 is 5.32 Å². The Labute approximate surface area is 149 Å². The van der Waals surface area contributed by atoms with E-state index in [2.05, 4.69) is 15.2 Å². The first kappa shape index (κ1) is 15.9. The molecule has 1 aromatic heterocycles. The number of nitrogens with zero attached hydrogens (tertiary/aromatic N) is 2. The fraction of sp³-hybridized carbons (Fsp3) is 0.412. The van der Waals surface area contributed by atoms with Crippen LogP contribution in [0.2, 0.25) is 10.0 Å². The third kappa shape index (κ3) is 3.04. The summed E-state index contributed by atoms with van der Waals surface area (Å²) in [6.07, 6.45) is 3.80. The summed E-state index contributed by atoms with van der Waals surface area (Å²) in [5.74, 6) is 0.798. The Bertz CT molecular complexity index is 769. The number of benzene rings is 1. The third-order valence-electron chi connectivity index (χ3n) is 4.87. The number of rotatable bonds is 3. The van der Waals surface area contributed by atoms with Gasteiger partial charge in [0.05, 0.1) is 11.2 Å². The van der Waals surface area contributed by atoms with E-state index in [-0.39, 0.29) is 17.8 Å². The highest BCUT2D eigenvalue weighted by Crippen LogP contribution is 2.31. The quantitative estimate of drug-likeness (QED) is 0.904. The van der Waals surface area contributed by atoms with Crippen molar-refractivity contribution in [3.05, 3.63) is 40.3 Å². The molecule has 0 saturated carbocycles. The number of amides is 1. The van der Waals surface area contributed by atoms with Gasteiger partial charge in [0.1, 0.15) is 0 Å². The van der Waals surface area contributed by atoms with Crippen molar-refractivity contribution in [2.75, 3.05) is 19.6 Å². The van der Waals surface area contributed by atoms with Crippen molar-refractivity contribution < 1.29 is 9.21 Å². The molecule has 24 heavy (non-hydrogen) atoms. The van der Waals surface area contributed by atoms with Crippen LogP contribution in [0.15, 0.2) is 28.8 Å². The minimum Gasteiger partial charge on any atom is -0.432 e. The Morgan fingerprint density at radius 3 is 2.75 bits per heavy atom. The lowest BCUT2D eigenvalue weighted by molar-refractivity contribution is 0.0602. The van der Waals surface area contributed by atoms with Crippen LogP contribution >= 0.6 is 23.2 Å². The predicted octanol–water partition coefficient (Wildman–Crippen LogP) is 3.47. The number of piperidine rings is 3. The van der Waals surface area contributed by atoms with E-state index in [0.717, 1.165) is 32.5 Å². The van der Waals surface area contributed by atoms with E-state index in [1.807, 2.05) is 0 Å². The van der Waals surface area contributed by atoms with Gasteiger partial charge in [0.25, 0.3) is 5.89 Å². The number of hydrogen-bond donors (Lipinski definition) is 1. The highest BCUT2D eigenvalue weighted by atomic mass is 35.5. The normalized spacial score (nSPS) is 25.7. The molecule has 5 nitrogen and oxygen atoms in total. The second kappa shape index (κ2) is 6.39. The predicted molar refractivity (Wildman–Crippen MR) is 92.4 cm³/mol. The lowest BCUT2D eigenvalue weighted by Gasteiger charge is -2.44. The molecule has 0 spiro atoms. The van der Waals surface area contributed by atoms with Crippen molar-refractivity contribution in [2.45, 2.75) is 18.9 Å². The van der Waals surface area contributed by atoms with Gasteiger partial charge in [-0.2, -0.15) is 0 Å². The van der Waals surface area contributed by atoms with E-state index in [1.54, 1.807) is 18.2 Å². The molecule has 3 saturated heterocycles. The van der Waals surface area contributed by atoms with Crippen LogP contribution in [0.5, 0.6) is 0 Å². The lowest BCUT2D eigenvalue weighted by atomic mass is 9.84. The maximum Gasteiger partial charge on any atom is 0.307 e. The first-order chi connectivity index (χ1) is 11.6. The minimum absolute atomic E-state index is 0.0625. The summed E-state index contributed by atoms with van der Waals surface area (Å²) in [4.78, 5) is 18.9. The molecular weight excluding hydrogens is 349 g/mol. The number of nitrogens with one attached hydrogen (secondary N) is 1. The highest BCUT2D eigenvalue weighted by molar-refractivity contribution is 6.36. The second-order valence-electron chi connectivity index (χ2n) is 6.37. The average molecular weight is 366 g/mol. The van der Waals surface area contributed by atoms with Gasteiger partial charge in [-0.25, -0.2) is 4.98 Å². The first-order valence-corrected chi connectivity index (χ1v) is 8.80. The van der Waals surface area contributed by atoms with Crippen LogP contribution in [-0.4, -0.2) is 41.5 Å². The molecule has 0 aliphatic carbocycles. The molecule has 0 radical (unpaired) electrons. The molecule has 1 aromatic carbocycles. The Morgan fingerprint density at radius 1 is 1.29 bits per heavy atom. The van der Waals surface area contributed by atoms with E-state index < -0.39 is 0 Å². The Morgan fingerprint density at radius 2 is 2.08 bits per heavy atom. The maximum atomic E-state index is 12.4. The number of carbonyl (C=O) groups is 1. The molecule has 1 N–H and O–H groups in total. The highest BCUT2D eigenvalue weighted by Gasteiger charge is 2.35. The number of fused-ring (bicyclic) bond motifs is 3. The van der Waals surface area contributed by atoms with Gasteiger partial charge >= 0.3 is 5.91 Å². The zero-order chi connectivity index (χ0) is 16.7. The zero-order valence-electron chi connectivity index (χ0n) is 13.0. The van der Waals surface area contributed by atoms with Gasteiger partial charge in [0, 0.05) is 23.2 Å². The molecule has 2 aromatic rings. The van der Waals surface area contributed by atoms with Crippen molar-refractivity contribution in [3.63, 3.8) is 0 Å². The standard InChI is InChI=1S/C17H17Cl2N3O2/c18-11-1-2-12(13(19)7-11)15-8-20-17(24-15)16(23)21-14-9-22-5-3-10(14)4-6-22/h1-2,7-8,10,14H,3-6,9H2,(H,21,23). The molecule has 4 heterocycles. The van der Waals surface area contributed by atoms with Crippen molar-refractivity contribution in [3.8, 4) is 11.3 Å². The fourth-order valence-corrected chi connectivity index (χ4v) is 4.05. The van der Waals surface area contributed by atoms with E-state index in [4.69, 9.17) is 27.6 Å². The lowest BCUT2D eigenvalue weighted by Crippen LogP contribution is -2.57. The average Bonchev–Trinajstić information content (AvgIpc) is 3.06. The van der Waals surface area contributed by atoms with Crippen LogP contribution in [0.3, 0.4) is 0 Å². The van der Waals surface area contributed by atoms with Crippen molar-refractivity contribution in [1.82, 2.24) is 15.2 Å². The molecular formula is C17H17Cl2N3O2. The number of halogens is 2. The smallest absolute Gasteiger partial charge is 0.307 e. The minimum atomic E-state index is -0.273. The Hall–Kier alpha value is -1.56. The number of aromatic nitrogens is 1. The van der Waals surface area contributed by atoms with Gasteiger partial charge < -0.3 is 14.6 Å². The second-order valence-corrected chi connectivity index (χ2v) is 7.22. The number of carbonyl (C=O) groups excluding carboxylic acids is 1. The largest absolute Gasteiger partial charge is 0.432 e. The Kier molecular flexibility index (Phi) is 4.24. The molecule has 126 valence electrons. The summed E-state index contributed by atoms with van der Waals surface area (Å²) >= 11 is 12.1. The topological polar surface area (TPSA) is 58.4 Å². The molecule has 3 fully saturated rings. The third-order valence-corrected chi connectivity index (χ3v) is 5.42. The summed E-state index contributed by atoms with van der Waals surface area (Å²) < 4.78 is 5.61. The zero-order valence-corrected chi connectivity index (χ0v) is 14.5. The SMILES string of the molecule is O=C(NC1CN2CCC1CC2)c1ncc(-c2ccc(Cl)cc2Cl)o1. The van der Waals surface area contributed by atoms with Crippen LogP contribution in [-0.2, 0) is 0 Å². The molecule has 1 unspecified atom stereocenters. The van der Waals surface area contributed by atoms with Crippen LogP contribution in [0.1, 0.15) is 23.5 Å². The molecule has 1 amide bonds. The molecule has 5 rings (SSSR count). The van der Waals surface area contributed by atoms with E-state index in [1.165, 1.54) is 6.20 Å². The summed E-state index contributed by atoms with van der Waals surface area (Å²) in [6, 6.07) is 5.28. The van der Waals surface area contributed by atoms with Crippen LogP contribution in [0.25, 0.3) is 11.3 Å². The van der Waals surface area contributed by atoms with Crippen molar-refractivity contribution in [1.29, 1.82) is 0 Å². The molecule has 1 atom stereocenters. The van der Waals surface area contributed by atoms with Crippen LogP contribution in [0, 0.1) is 5.92 Å². The van der Waals surface area contributed by atoms with Gasteiger partial charge in [-0.15, -0.1) is 0 Å². The number of hydrogen-bond acceptors (Lipinski definition) is 4. The number of oxazole rings is 1. The molecule has 3 aliphatic heterocycles. The molecule has 3 aliphatic rings. The summed E-state index contributed by atoms with van der Waals surface area (Å²) in [7, 11) is 0. The van der Waals surface area contributed by atoms with Gasteiger partial charge in [0.15, 0.2) is 5.76 Å². The van der Waals surface area contributed by atoms with Gasteiger partial charge in [-0.05, 0) is 50.0 Å². The summed E-state index contributed by atoms with van der Waals surface area (Å²) in [5, 5.41) is 4.07. The fourth-order valence-electron chi connectivity index (χ4n) is 3.55. The first-order valence-electron chi connectivity index (χ1n) is 8.04. The van der Waals surface area contributed by atoms with Crippen LogP contribution in [0.4, 0.5) is 0 Å². The molecule has 2 bridgehead atoms. The van der Waals surface area contributed by atoms with Gasteiger partial charge in [-0.1, -0.05) is 23.2 Å². The van der Waals surface area contributed by atoms with Crippen molar-refractivity contribution in [2.24, 2.45) is 5.92 Å². The van der Waals surface area contributed by atoms with Crippen molar-refractivity contribution >= 4 is 29.1 Å². The summed E-state index contributed by atoms with van der Waals surface area (Å²) in [6.45, 7) is 3.18. The monoisotopic (exact) mass is 365 g/mol. The Balaban J connectivity index is 1.49. The van der Waals surface area contributed by atoms with E-state index >= 15 is 0 Å². The van der Waals surface area contributed by atoms with Gasteiger partial charge in [0.2, 0.25) is 0 Å². The summed E-state index contributed by atoms with van der Waals surface area (Å²) in [5.41, 5.74) is 0.662. The van der Waals surface area contributed by atoms with E-state index in [9.17, 15) is 4.79 Å².